The van der Waals surface area contributed by atoms with Crippen molar-refractivity contribution in [1.82, 2.24) is 10.6 Å². The van der Waals surface area contributed by atoms with Gasteiger partial charge in [0.1, 0.15) is 24.3 Å². The smallest absolute Gasteiger partial charge is 0.315 e. The van der Waals surface area contributed by atoms with Crippen molar-refractivity contribution in [3.05, 3.63) is 59.9 Å². The highest BCUT2D eigenvalue weighted by Crippen LogP contribution is 2.15. The second-order valence-corrected chi connectivity index (χ2v) is 7.67. The Morgan fingerprint density at radius 2 is 1.93 bits per heavy atom. The normalized spacial score (nSPS) is 13.4. The molecule has 2 aromatic rings. The summed E-state index contributed by atoms with van der Waals surface area (Å²) in [6.45, 7) is 1.53. The third-order valence-corrected chi connectivity index (χ3v) is 4.72. The van der Waals surface area contributed by atoms with Gasteiger partial charge < -0.3 is 20.5 Å². The summed E-state index contributed by atoms with van der Waals surface area (Å²) in [4.78, 5) is 11.9. The second kappa shape index (κ2) is 9.49. The van der Waals surface area contributed by atoms with E-state index >= 15 is 0 Å². The fourth-order valence-corrected chi connectivity index (χ4v) is 2.81. The Balaban J connectivity index is 1.76. The summed E-state index contributed by atoms with van der Waals surface area (Å²) in [6.07, 6.45) is -0.988. The molecular formula is C18H22FN3O5S. The van der Waals surface area contributed by atoms with E-state index in [0.717, 1.165) is 0 Å². The number of amides is 2. The number of nitrogens with one attached hydrogen (secondary N) is 2. The number of aliphatic hydroxyl groups excluding tert-OH is 1. The number of carbonyl (C=O) groups excluding carboxylic acids is 1. The van der Waals surface area contributed by atoms with Gasteiger partial charge in [0.15, 0.2) is 0 Å². The van der Waals surface area contributed by atoms with E-state index in [4.69, 9.17) is 9.88 Å². The van der Waals surface area contributed by atoms with Gasteiger partial charge in [0.25, 0.3) is 0 Å². The Labute approximate surface area is 162 Å². The van der Waals surface area contributed by atoms with Crippen molar-refractivity contribution >= 4 is 16.1 Å². The van der Waals surface area contributed by atoms with Crippen LogP contribution < -0.4 is 20.5 Å². The number of aliphatic hydroxyl groups is 1. The number of primary sulfonamides is 1. The highest BCUT2D eigenvalue weighted by Gasteiger charge is 2.13. The number of benzene rings is 2. The first-order valence-corrected chi connectivity index (χ1v) is 9.93. The molecule has 0 saturated carbocycles. The number of hydrogen-bond acceptors (Lipinski definition) is 5. The zero-order chi connectivity index (χ0) is 20.7. The van der Waals surface area contributed by atoms with E-state index in [0.29, 0.717) is 5.56 Å². The lowest BCUT2D eigenvalue weighted by atomic mass is 10.1. The zero-order valence-corrected chi connectivity index (χ0v) is 15.9. The molecule has 0 saturated heterocycles. The molecule has 152 valence electrons. The molecule has 0 aliphatic heterocycles. The van der Waals surface area contributed by atoms with Gasteiger partial charge in [-0.3, -0.25) is 0 Å². The number of rotatable bonds is 8. The molecule has 0 fully saturated rings. The molecule has 0 spiro atoms. The van der Waals surface area contributed by atoms with E-state index in [2.05, 4.69) is 10.6 Å². The van der Waals surface area contributed by atoms with Crippen LogP contribution in [0.4, 0.5) is 9.18 Å². The van der Waals surface area contributed by atoms with Gasteiger partial charge in [0, 0.05) is 12.6 Å². The van der Waals surface area contributed by atoms with Crippen molar-refractivity contribution in [3.63, 3.8) is 0 Å². The maximum absolute atomic E-state index is 13.0. The molecule has 5 N–H and O–H groups in total. The van der Waals surface area contributed by atoms with Crippen molar-refractivity contribution in [2.24, 2.45) is 5.14 Å². The Kier molecular flexibility index (Phi) is 7.32. The second-order valence-electron chi connectivity index (χ2n) is 6.11. The van der Waals surface area contributed by atoms with Gasteiger partial charge in [-0.15, -0.1) is 0 Å². The summed E-state index contributed by atoms with van der Waals surface area (Å²) < 4.78 is 40.8. The predicted molar refractivity (Wildman–Crippen MR) is 101 cm³/mol. The maximum atomic E-state index is 13.0. The Morgan fingerprint density at radius 1 is 1.25 bits per heavy atom. The third-order valence-electron chi connectivity index (χ3n) is 3.79. The fourth-order valence-electron chi connectivity index (χ4n) is 2.30. The van der Waals surface area contributed by atoms with Gasteiger partial charge in [-0.25, -0.2) is 22.7 Å². The van der Waals surface area contributed by atoms with Crippen LogP contribution >= 0.6 is 0 Å². The topological polar surface area (TPSA) is 131 Å². The molecule has 2 amide bonds. The van der Waals surface area contributed by atoms with Gasteiger partial charge in [0.05, 0.1) is 10.9 Å². The number of urea groups is 1. The van der Waals surface area contributed by atoms with Gasteiger partial charge in [-0.2, -0.15) is 0 Å². The molecule has 10 heteroatoms. The summed E-state index contributed by atoms with van der Waals surface area (Å²) >= 11 is 0. The highest BCUT2D eigenvalue weighted by atomic mass is 32.2. The van der Waals surface area contributed by atoms with Crippen molar-refractivity contribution in [2.75, 3.05) is 13.2 Å². The summed E-state index contributed by atoms with van der Waals surface area (Å²) in [6, 6.07) is 10.4. The summed E-state index contributed by atoms with van der Waals surface area (Å²) in [5.74, 6) is -0.171. The maximum Gasteiger partial charge on any atom is 0.315 e. The van der Waals surface area contributed by atoms with Crippen LogP contribution in [0, 0.1) is 5.82 Å². The fraction of sp³-hybridized carbons (Fsp3) is 0.278. The van der Waals surface area contributed by atoms with Gasteiger partial charge in [-0.05, 0) is 36.8 Å². The van der Waals surface area contributed by atoms with E-state index in [9.17, 15) is 22.7 Å². The first-order chi connectivity index (χ1) is 13.1. The predicted octanol–water partition coefficient (Wildman–Crippen LogP) is 1.27. The molecule has 0 bridgehead atoms. The number of hydrogen-bond donors (Lipinski definition) is 4. The van der Waals surface area contributed by atoms with E-state index < -0.39 is 34.0 Å². The van der Waals surface area contributed by atoms with Crippen molar-refractivity contribution in [2.45, 2.75) is 24.0 Å². The van der Waals surface area contributed by atoms with Gasteiger partial charge in [-0.1, -0.05) is 18.2 Å². The average Bonchev–Trinajstić information content (AvgIpc) is 2.64. The van der Waals surface area contributed by atoms with Crippen molar-refractivity contribution in [1.29, 1.82) is 0 Å². The number of nitrogens with two attached hydrogens (primary N) is 1. The van der Waals surface area contributed by atoms with Gasteiger partial charge >= 0.3 is 6.03 Å². The Hall–Kier alpha value is -2.69. The van der Waals surface area contributed by atoms with E-state index in [-0.39, 0.29) is 23.8 Å². The first kappa shape index (κ1) is 21.6. The molecule has 0 unspecified atom stereocenters. The minimum absolute atomic E-state index is 0.0191. The monoisotopic (exact) mass is 411 g/mol. The Morgan fingerprint density at radius 3 is 2.54 bits per heavy atom. The largest absolute Gasteiger partial charge is 0.491 e. The van der Waals surface area contributed by atoms with Crippen LogP contribution in [0.5, 0.6) is 5.75 Å². The van der Waals surface area contributed by atoms with Crippen molar-refractivity contribution < 1.29 is 27.4 Å². The summed E-state index contributed by atoms with van der Waals surface area (Å²) in [5.41, 5.74) is 0.678. The summed E-state index contributed by atoms with van der Waals surface area (Å²) in [5, 5.41) is 20.1. The number of ether oxygens (including phenoxy) is 1. The van der Waals surface area contributed by atoms with Crippen LogP contribution in [0.3, 0.4) is 0 Å². The van der Waals surface area contributed by atoms with Crippen LogP contribution in [0.15, 0.2) is 53.4 Å². The Bertz CT molecular complexity index is 906. The average molecular weight is 411 g/mol. The SMILES string of the molecule is C[C@H](NC(=O)NC[C@@H](O)COc1cccc(F)c1)c1ccc(S(N)(=O)=O)cc1. The molecule has 0 heterocycles. The van der Waals surface area contributed by atoms with E-state index in [1.807, 2.05) is 0 Å². The molecule has 2 rings (SSSR count). The lowest BCUT2D eigenvalue weighted by molar-refractivity contribution is 0.107. The van der Waals surface area contributed by atoms with Crippen LogP contribution in [0.25, 0.3) is 0 Å². The highest BCUT2D eigenvalue weighted by molar-refractivity contribution is 7.89. The van der Waals surface area contributed by atoms with E-state index in [1.54, 1.807) is 25.1 Å². The zero-order valence-electron chi connectivity index (χ0n) is 15.1. The molecule has 2 aromatic carbocycles. The molecule has 2 atom stereocenters. The lowest BCUT2D eigenvalue weighted by Crippen LogP contribution is -2.42. The van der Waals surface area contributed by atoms with Gasteiger partial charge in [0.2, 0.25) is 10.0 Å². The molecule has 28 heavy (non-hydrogen) atoms. The first-order valence-electron chi connectivity index (χ1n) is 8.38. The quantitative estimate of drug-likeness (QED) is 0.520. The molecule has 0 radical (unpaired) electrons. The third kappa shape index (κ3) is 6.80. The van der Waals surface area contributed by atoms with Crippen LogP contribution in [0.2, 0.25) is 0 Å². The van der Waals surface area contributed by atoms with Crippen molar-refractivity contribution in [3.8, 4) is 5.75 Å². The van der Waals surface area contributed by atoms with E-state index in [1.165, 1.54) is 30.3 Å². The minimum atomic E-state index is -3.77. The molecule has 8 nitrogen and oxygen atoms in total. The lowest BCUT2D eigenvalue weighted by Gasteiger charge is -2.17. The van der Waals surface area contributed by atoms with Crippen LogP contribution in [0.1, 0.15) is 18.5 Å². The molecule has 0 aromatic heterocycles. The number of sulfonamides is 1. The molecular weight excluding hydrogens is 389 g/mol. The van der Waals surface area contributed by atoms with Crippen LogP contribution in [-0.4, -0.2) is 38.8 Å². The summed E-state index contributed by atoms with van der Waals surface area (Å²) in [7, 11) is -3.77. The number of carbonyl (C=O) groups is 1. The minimum Gasteiger partial charge on any atom is -0.491 e. The standard InChI is InChI=1S/C18H22FN3O5S/c1-12(13-5-7-17(8-6-13)28(20,25)26)22-18(24)21-10-15(23)11-27-16-4-2-3-14(19)9-16/h2-9,12,15,23H,10-11H2,1H3,(H2,20,25,26)(H2,21,22,24)/t12-,15+/m0/s1. The molecule has 0 aliphatic rings. The number of halogens is 1. The van der Waals surface area contributed by atoms with Crippen LogP contribution in [-0.2, 0) is 10.0 Å². The molecule has 0 aliphatic carbocycles.